The number of anilines is 2. The van der Waals surface area contributed by atoms with Gasteiger partial charge in [-0.1, -0.05) is 6.07 Å². The summed E-state index contributed by atoms with van der Waals surface area (Å²) in [5.41, 5.74) is 2.98. The average molecular weight is 363 g/mol. The lowest BCUT2D eigenvalue weighted by Gasteiger charge is -2.26. The van der Waals surface area contributed by atoms with E-state index in [1.165, 1.54) is 6.07 Å². The molecule has 0 unspecified atom stereocenters. The van der Waals surface area contributed by atoms with Crippen LogP contribution in [-0.4, -0.2) is 18.0 Å². The predicted octanol–water partition coefficient (Wildman–Crippen LogP) is 4.31. The van der Waals surface area contributed by atoms with Crippen molar-refractivity contribution in [3.05, 3.63) is 83.4 Å². The number of halogens is 1. The van der Waals surface area contributed by atoms with E-state index in [0.717, 1.165) is 0 Å². The summed E-state index contributed by atoms with van der Waals surface area (Å²) in [7, 11) is 1.59. The summed E-state index contributed by atoms with van der Waals surface area (Å²) < 4.78 is 19.2. The van der Waals surface area contributed by atoms with Crippen LogP contribution in [0.4, 0.5) is 15.8 Å². The van der Waals surface area contributed by atoms with Gasteiger partial charge in [-0.05, 0) is 61.0 Å². The highest BCUT2D eigenvalue weighted by atomic mass is 19.1. The number of carbonyl (C=O) groups excluding carboxylic acids is 1. The molecule has 1 aliphatic rings. The van der Waals surface area contributed by atoms with Crippen LogP contribution in [0.1, 0.15) is 27.8 Å². The molecule has 3 aromatic rings. The van der Waals surface area contributed by atoms with E-state index in [4.69, 9.17) is 4.74 Å². The van der Waals surface area contributed by atoms with Crippen LogP contribution < -0.4 is 15.0 Å². The number of pyridine rings is 1. The second-order valence-corrected chi connectivity index (χ2v) is 6.32. The molecule has 5 nitrogen and oxygen atoms in total. The van der Waals surface area contributed by atoms with Crippen LogP contribution in [0.2, 0.25) is 0 Å². The summed E-state index contributed by atoms with van der Waals surface area (Å²) in [4.78, 5) is 19.0. The smallest absolute Gasteiger partial charge is 0.262 e. The molecule has 1 atom stereocenters. The van der Waals surface area contributed by atoms with Gasteiger partial charge >= 0.3 is 0 Å². The maximum atomic E-state index is 14.0. The van der Waals surface area contributed by atoms with Crippen molar-refractivity contribution in [3.63, 3.8) is 0 Å². The first kappa shape index (κ1) is 17.0. The molecule has 0 bridgehead atoms. The van der Waals surface area contributed by atoms with Gasteiger partial charge in [0, 0.05) is 17.6 Å². The number of benzene rings is 2. The van der Waals surface area contributed by atoms with Crippen molar-refractivity contribution < 1.29 is 13.9 Å². The van der Waals surface area contributed by atoms with Crippen molar-refractivity contribution in [2.45, 2.75) is 13.1 Å². The van der Waals surface area contributed by atoms with Crippen LogP contribution in [0, 0.1) is 12.7 Å². The molecule has 1 amide bonds. The fourth-order valence-electron chi connectivity index (χ4n) is 3.17. The second kappa shape index (κ2) is 6.72. The first-order chi connectivity index (χ1) is 13.1. The molecule has 27 heavy (non-hydrogen) atoms. The summed E-state index contributed by atoms with van der Waals surface area (Å²) in [5, 5.41) is 3.24. The average Bonchev–Trinajstić information content (AvgIpc) is 2.97. The first-order valence-corrected chi connectivity index (χ1v) is 8.53. The predicted molar refractivity (Wildman–Crippen MR) is 102 cm³/mol. The van der Waals surface area contributed by atoms with Crippen molar-refractivity contribution >= 4 is 17.3 Å². The van der Waals surface area contributed by atoms with Gasteiger partial charge in [0.2, 0.25) is 0 Å². The molecule has 0 radical (unpaired) electrons. The molecule has 2 heterocycles. The van der Waals surface area contributed by atoms with E-state index >= 15 is 0 Å². The minimum absolute atomic E-state index is 0.159. The van der Waals surface area contributed by atoms with Gasteiger partial charge < -0.3 is 10.1 Å². The molecule has 0 fully saturated rings. The topological polar surface area (TPSA) is 54.5 Å². The van der Waals surface area contributed by atoms with Crippen molar-refractivity contribution in [3.8, 4) is 5.75 Å². The molecular formula is C21H18FN3O2. The van der Waals surface area contributed by atoms with Crippen molar-refractivity contribution in [2.24, 2.45) is 0 Å². The molecule has 6 heteroatoms. The Morgan fingerprint density at radius 2 is 1.93 bits per heavy atom. The number of amides is 1. The Kier molecular flexibility index (Phi) is 4.24. The molecule has 1 aliphatic heterocycles. The second-order valence-electron chi connectivity index (χ2n) is 6.32. The fraction of sp³-hybridized carbons (Fsp3) is 0.143. The van der Waals surface area contributed by atoms with Crippen LogP contribution in [0.3, 0.4) is 0 Å². The molecule has 4 rings (SSSR count). The largest absolute Gasteiger partial charge is 0.497 e. The third-order valence-electron chi connectivity index (χ3n) is 4.63. The summed E-state index contributed by atoms with van der Waals surface area (Å²) in [6.07, 6.45) is 1.11. The number of nitrogens with zero attached hydrogens (tertiary/aromatic N) is 2. The quantitative estimate of drug-likeness (QED) is 0.751. The summed E-state index contributed by atoms with van der Waals surface area (Å²) >= 11 is 0. The molecule has 0 aliphatic carbocycles. The maximum absolute atomic E-state index is 14.0. The van der Waals surface area contributed by atoms with Crippen LogP contribution in [-0.2, 0) is 0 Å². The van der Waals surface area contributed by atoms with Crippen LogP contribution >= 0.6 is 0 Å². The minimum Gasteiger partial charge on any atom is -0.497 e. The van der Waals surface area contributed by atoms with Gasteiger partial charge in [0.15, 0.2) is 6.17 Å². The standard InChI is InChI=1S/C21H18FN3O2/c1-13-5-6-14(12-18(13)22)24-20-19-17(4-3-11-23-19)21(26)25(20)15-7-9-16(27-2)10-8-15/h3-12,20,24H,1-2H3/t20-/m1/s1. The van der Waals surface area contributed by atoms with Crippen molar-refractivity contribution in [1.29, 1.82) is 0 Å². The van der Waals surface area contributed by atoms with Crippen molar-refractivity contribution in [1.82, 2.24) is 4.98 Å². The van der Waals surface area contributed by atoms with E-state index < -0.39 is 6.17 Å². The molecule has 2 aromatic carbocycles. The number of fused-ring (bicyclic) bond motifs is 1. The summed E-state index contributed by atoms with van der Waals surface area (Å²) in [5.74, 6) is 0.237. The van der Waals surface area contributed by atoms with E-state index in [1.807, 2.05) is 12.1 Å². The third kappa shape index (κ3) is 2.99. The lowest BCUT2D eigenvalue weighted by atomic mass is 10.2. The van der Waals surface area contributed by atoms with Gasteiger partial charge in [-0.15, -0.1) is 0 Å². The Morgan fingerprint density at radius 3 is 2.63 bits per heavy atom. The number of methoxy groups -OCH3 is 1. The van der Waals surface area contributed by atoms with Gasteiger partial charge in [-0.3, -0.25) is 14.7 Å². The van der Waals surface area contributed by atoms with Crippen LogP contribution in [0.25, 0.3) is 0 Å². The van der Waals surface area contributed by atoms with E-state index in [-0.39, 0.29) is 11.7 Å². The zero-order valence-electron chi connectivity index (χ0n) is 14.9. The van der Waals surface area contributed by atoms with Crippen LogP contribution in [0.5, 0.6) is 5.75 Å². The van der Waals surface area contributed by atoms with Gasteiger partial charge in [0.1, 0.15) is 11.6 Å². The molecule has 0 spiro atoms. The normalized spacial score (nSPS) is 15.6. The van der Waals surface area contributed by atoms with Crippen molar-refractivity contribution in [2.75, 3.05) is 17.3 Å². The lowest BCUT2D eigenvalue weighted by molar-refractivity contribution is 0.0993. The molecule has 0 saturated heterocycles. The molecule has 136 valence electrons. The first-order valence-electron chi connectivity index (χ1n) is 8.53. The number of aromatic nitrogens is 1. The Hall–Kier alpha value is -3.41. The number of carbonyl (C=O) groups is 1. The van der Waals surface area contributed by atoms with Gasteiger partial charge in [0.05, 0.1) is 18.4 Å². The SMILES string of the molecule is COc1ccc(N2C(=O)c3cccnc3[C@@H]2Nc2ccc(C)c(F)c2)cc1. The van der Waals surface area contributed by atoms with E-state index in [9.17, 15) is 9.18 Å². The fourth-order valence-corrected chi connectivity index (χ4v) is 3.17. The van der Waals surface area contributed by atoms with Gasteiger partial charge in [0.25, 0.3) is 5.91 Å². The molecule has 1 aromatic heterocycles. The highest BCUT2D eigenvalue weighted by molar-refractivity contribution is 6.11. The highest BCUT2D eigenvalue weighted by Gasteiger charge is 2.39. The monoisotopic (exact) mass is 363 g/mol. The zero-order chi connectivity index (χ0) is 19.0. The summed E-state index contributed by atoms with van der Waals surface area (Å²) in [6.45, 7) is 1.71. The Morgan fingerprint density at radius 1 is 1.15 bits per heavy atom. The highest BCUT2D eigenvalue weighted by Crippen LogP contribution is 2.37. The van der Waals surface area contributed by atoms with Crippen LogP contribution in [0.15, 0.2) is 60.8 Å². The Bertz CT molecular complexity index is 1000. The van der Waals surface area contributed by atoms with E-state index in [2.05, 4.69) is 10.3 Å². The lowest BCUT2D eigenvalue weighted by Crippen LogP contribution is -2.32. The summed E-state index contributed by atoms with van der Waals surface area (Å²) in [6, 6.07) is 15.6. The number of rotatable bonds is 4. The number of hydrogen-bond donors (Lipinski definition) is 1. The number of hydrogen-bond acceptors (Lipinski definition) is 4. The van der Waals surface area contributed by atoms with Gasteiger partial charge in [-0.25, -0.2) is 4.39 Å². The number of ether oxygens (including phenoxy) is 1. The number of nitrogens with one attached hydrogen (secondary N) is 1. The van der Waals surface area contributed by atoms with E-state index in [1.54, 1.807) is 61.5 Å². The van der Waals surface area contributed by atoms with Gasteiger partial charge in [-0.2, -0.15) is 0 Å². The molecule has 0 saturated carbocycles. The Balaban J connectivity index is 1.76. The third-order valence-corrected chi connectivity index (χ3v) is 4.63. The Labute approximate surface area is 156 Å². The molecular weight excluding hydrogens is 345 g/mol. The van der Waals surface area contributed by atoms with E-state index in [0.29, 0.717) is 33.9 Å². The maximum Gasteiger partial charge on any atom is 0.262 e. The molecule has 1 N–H and O–H groups in total. The minimum atomic E-state index is -0.538. The zero-order valence-corrected chi connectivity index (χ0v) is 14.9. The number of aryl methyl sites for hydroxylation is 1.